The SMILES string of the molecule is COc1nc(NCCC(=O)N2CCCC2)nc(N2CCCCCC2)n1. The molecule has 2 fully saturated rings. The van der Waals surface area contributed by atoms with Crippen LogP contribution in [0.1, 0.15) is 44.9 Å². The van der Waals surface area contributed by atoms with E-state index >= 15 is 0 Å². The zero-order valence-corrected chi connectivity index (χ0v) is 15.0. The number of likely N-dealkylation sites (tertiary alicyclic amines) is 1. The van der Waals surface area contributed by atoms with E-state index in [1.165, 1.54) is 12.8 Å². The fraction of sp³-hybridized carbons (Fsp3) is 0.765. The summed E-state index contributed by atoms with van der Waals surface area (Å²) in [7, 11) is 1.56. The molecule has 0 radical (unpaired) electrons. The third kappa shape index (κ3) is 4.93. The molecule has 8 heteroatoms. The molecule has 0 saturated carbocycles. The second-order valence-electron chi connectivity index (χ2n) is 6.61. The number of hydrogen-bond acceptors (Lipinski definition) is 7. The van der Waals surface area contributed by atoms with Crippen molar-refractivity contribution >= 4 is 17.8 Å². The molecule has 1 aromatic rings. The van der Waals surface area contributed by atoms with E-state index in [0.29, 0.717) is 30.9 Å². The molecule has 0 bridgehead atoms. The van der Waals surface area contributed by atoms with Crippen molar-refractivity contribution in [2.75, 3.05) is 50.1 Å². The number of nitrogens with zero attached hydrogens (tertiary/aromatic N) is 5. The van der Waals surface area contributed by atoms with Gasteiger partial charge in [-0.1, -0.05) is 12.8 Å². The fourth-order valence-electron chi connectivity index (χ4n) is 3.33. The van der Waals surface area contributed by atoms with E-state index < -0.39 is 0 Å². The summed E-state index contributed by atoms with van der Waals surface area (Å²) in [6.45, 7) is 4.21. The smallest absolute Gasteiger partial charge is 0.322 e. The number of amides is 1. The Balaban J connectivity index is 1.59. The quantitative estimate of drug-likeness (QED) is 0.837. The topological polar surface area (TPSA) is 83.5 Å². The first kappa shape index (κ1) is 17.7. The van der Waals surface area contributed by atoms with E-state index in [2.05, 4.69) is 25.2 Å². The number of anilines is 2. The summed E-state index contributed by atoms with van der Waals surface area (Å²) >= 11 is 0. The second-order valence-corrected chi connectivity index (χ2v) is 6.61. The minimum Gasteiger partial charge on any atom is -0.467 e. The van der Waals surface area contributed by atoms with Gasteiger partial charge in [0.2, 0.25) is 17.8 Å². The summed E-state index contributed by atoms with van der Waals surface area (Å²) in [4.78, 5) is 29.4. The van der Waals surface area contributed by atoms with Crippen LogP contribution in [0.4, 0.5) is 11.9 Å². The monoisotopic (exact) mass is 348 g/mol. The van der Waals surface area contributed by atoms with E-state index in [4.69, 9.17) is 4.74 Å². The highest BCUT2D eigenvalue weighted by atomic mass is 16.5. The van der Waals surface area contributed by atoms with E-state index in [0.717, 1.165) is 51.9 Å². The molecule has 0 aliphatic carbocycles. The highest BCUT2D eigenvalue weighted by Crippen LogP contribution is 2.19. The average molecular weight is 348 g/mol. The van der Waals surface area contributed by atoms with Gasteiger partial charge in [0.1, 0.15) is 0 Å². The third-order valence-corrected chi connectivity index (χ3v) is 4.76. The normalized spacial score (nSPS) is 18.1. The van der Waals surface area contributed by atoms with E-state index in [9.17, 15) is 4.79 Å². The molecule has 1 amide bonds. The van der Waals surface area contributed by atoms with Crippen molar-refractivity contribution < 1.29 is 9.53 Å². The average Bonchev–Trinajstić information content (AvgIpc) is 3.04. The van der Waals surface area contributed by atoms with Crippen LogP contribution in [0, 0.1) is 0 Å². The number of nitrogens with one attached hydrogen (secondary N) is 1. The Labute approximate surface area is 149 Å². The van der Waals surface area contributed by atoms with Crippen LogP contribution in [0.3, 0.4) is 0 Å². The summed E-state index contributed by atoms with van der Waals surface area (Å²) in [5, 5.41) is 3.15. The van der Waals surface area contributed by atoms with Crippen LogP contribution in [0.5, 0.6) is 6.01 Å². The van der Waals surface area contributed by atoms with Crippen molar-refractivity contribution in [3.05, 3.63) is 0 Å². The molecule has 0 unspecified atom stereocenters. The predicted octanol–water partition coefficient (Wildman–Crippen LogP) is 1.68. The Hall–Kier alpha value is -2.12. The molecular weight excluding hydrogens is 320 g/mol. The molecule has 3 heterocycles. The van der Waals surface area contributed by atoms with Gasteiger partial charge in [-0.05, 0) is 25.7 Å². The molecule has 0 atom stereocenters. The zero-order chi connectivity index (χ0) is 17.5. The Morgan fingerprint density at radius 2 is 1.68 bits per heavy atom. The van der Waals surface area contributed by atoms with Crippen molar-refractivity contribution in [1.82, 2.24) is 19.9 Å². The first-order valence-corrected chi connectivity index (χ1v) is 9.33. The summed E-state index contributed by atoms with van der Waals surface area (Å²) in [6, 6.07) is 0.308. The van der Waals surface area contributed by atoms with Crippen molar-refractivity contribution in [3.63, 3.8) is 0 Å². The van der Waals surface area contributed by atoms with Crippen molar-refractivity contribution in [2.45, 2.75) is 44.9 Å². The first-order valence-electron chi connectivity index (χ1n) is 9.33. The maximum Gasteiger partial charge on any atom is 0.322 e. The van der Waals surface area contributed by atoms with Crippen molar-refractivity contribution in [3.8, 4) is 6.01 Å². The summed E-state index contributed by atoms with van der Waals surface area (Å²) < 4.78 is 5.22. The van der Waals surface area contributed by atoms with Gasteiger partial charge < -0.3 is 19.9 Å². The van der Waals surface area contributed by atoms with Crippen LogP contribution < -0.4 is 15.0 Å². The fourth-order valence-corrected chi connectivity index (χ4v) is 3.33. The Bertz CT molecular complexity index is 568. The molecule has 2 aliphatic heterocycles. The Morgan fingerprint density at radius 3 is 2.36 bits per heavy atom. The molecule has 0 spiro atoms. The van der Waals surface area contributed by atoms with E-state index in [1.807, 2.05) is 4.90 Å². The van der Waals surface area contributed by atoms with Gasteiger partial charge in [-0.15, -0.1) is 0 Å². The standard InChI is InChI=1S/C17H28N6O2/c1-25-17-20-15(18-9-8-14(24)22-10-6-7-11-22)19-16(21-17)23-12-4-2-3-5-13-23/h2-13H2,1H3,(H,18,19,20,21). The summed E-state index contributed by atoms with van der Waals surface area (Å²) in [5.74, 6) is 1.32. The van der Waals surface area contributed by atoms with Gasteiger partial charge in [-0.25, -0.2) is 0 Å². The van der Waals surface area contributed by atoms with Gasteiger partial charge >= 0.3 is 6.01 Å². The Kier molecular flexibility index (Phi) is 6.25. The number of aromatic nitrogens is 3. The lowest BCUT2D eigenvalue weighted by Crippen LogP contribution is -2.29. The highest BCUT2D eigenvalue weighted by molar-refractivity contribution is 5.76. The van der Waals surface area contributed by atoms with E-state index in [1.54, 1.807) is 7.11 Å². The molecule has 3 rings (SSSR count). The number of carbonyl (C=O) groups excluding carboxylic acids is 1. The van der Waals surface area contributed by atoms with Gasteiger partial charge in [0.15, 0.2) is 0 Å². The number of carbonyl (C=O) groups is 1. The lowest BCUT2D eigenvalue weighted by molar-refractivity contribution is -0.129. The van der Waals surface area contributed by atoms with Gasteiger partial charge in [0.25, 0.3) is 0 Å². The lowest BCUT2D eigenvalue weighted by Gasteiger charge is -2.21. The van der Waals surface area contributed by atoms with Crippen LogP contribution in [0.2, 0.25) is 0 Å². The number of hydrogen-bond donors (Lipinski definition) is 1. The third-order valence-electron chi connectivity index (χ3n) is 4.76. The molecule has 25 heavy (non-hydrogen) atoms. The minimum atomic E-state index is 0.193. The maximum absolute atomic E-state index is 12.1. The molecule has 2 aliphatic rings. The highest BCUT2D eigenvalue weighted by Gasteiger charge is 2.18. The number of methoxy groups -OCH3 is 1. The maximum atomic E-state index is 12.1. The lowest BCUT2D eigenvalue weighted by atomic mass is 10.2. The molecular formula is C17H28N6O2. The largest absolute Gasteiger partial charge is 0.467 e. The number of ether oxygens (including phenoxy) is 1. The van der Waals surface area contributed by atoms with Gasteiger partial charge in [0, 0.05) is 39.1 Å². The molecule has 138 valence electrons. The second kappa shape index (κ2) is 8.82. The minimum absolute atomic E-state index is 0.193. The van der Waals surface area contributed by atoms with Crippen molar-refractivity contribution in [1.29, 1.82) is 0 Å². The summed E-state index contributed by atoms with van der Waals surface area (Å²) in [5.41, 5.74) is 0. The Morgan fingerprint density at radius 1 is 1.00 bits per heavy atom. The van der Waals surface area contributed by atoms with Crippen LogP contribution >= 0.6 is 0 Å². The molecule has 2 saturated heterocycles. The molecule has 0 aromatic carbocycles. The van der Waals surface area contributed by atoms with Crippen molar-refractivity contribution in [2.24, 2.45) is 0 Å². The van der Waals surface area contributed by atoms with Crippen LogP contribution in [-0.4, -0.2) is 65.6 Å². The molecule has 1 N–H and O–H groups in total. The van der Waals surface area contributed by atoms with Crippen LogP contribution in [0.15, 0.2) is 0 Å². The predicted molar refractivity (Wildman–Crippen MR) is 96.0 cm³/mol. The first-order chi connectivity index (χ1) is 12.3. The number of rotatable bonds is 6. The van der Waals surface area contributed by atoms with Gasteiger partial charge in [0.05, 0.1) is 7.11 Å². The summed E-state index contributed by atoms with van der Waals surface area (Å²) in [6.07, 6.45) is 7.49. The van der Waals surface area contributed by atoms with Crippen LogP contribution in [-0.2, 0) is 4.79 Å². The van der Waals surface area contributed by atoms with Crippen LogP contribution in [0.25, 0.3) is 0 Å². The molecule has 8 nitrogen and oxygen atoms in total. The van der Waals surface area contributed by atoms with Gasteiger partial charge in [-0.3, -0.25) is 4.79 Å². The zero-order valence-electron chi connectivity index (χ0n) is 15.0. The van der Waals surface area contributed by atoms with E-state index in [-0.39, 0.29) is 5.91 Å². The van der Waals surface area contributed by atoms with Gasteiger partial charge in [-0.2, -0.15) is 15.0 Å². The molecule has 1 aromatic heterocycles.